The number of para-hydroxylation sites is 1. The summed E-state index contributed by atoms with van der Waals surface area (Å²) >= 11 is 0. The maximum Gasteiger partial charge on any atom is 0.342 e. The summed E-state index contributed by atoms with van der Waals surface area (Å²) in [6, 6.07) is 14.4. The number of carbonyl (C=O) groups excluding carboxylic acids is 2. The molecule has 0 bridgehead atoms. The Morgan fingerprint density at radius 1 is 1.03 bits per heavy atom. The zero-order chi connectivity index (χ0) is 20.8. The van der Waals surface area contributed by atoms with E-state index in [1.807, 2.05) is 30.3 Å². The molecule has 0 fully saturated rings. The summed E-state index contributed by atoms with van der Waals surface area (Å²) < 4.78 is 17.1. The Balaban J connectivity index is 1.63. The molecule has 0 saturated carbocycles. The number of rotatable bonds is 7. The molecule has 0 aliphatic carbocycles. The molecule has 3 rings (SSSR count). The SMILES string of the molecule is COc1cc(NC(=O)COC(=O)c2cnn(-c3ccccc3)c2C)cc(OC)c1. The van der Waals surface area contributed by atoms with Gasteiger partial charge in [-0.3, -0.25) is 4.79 Å². The Bertz CT molecular complexity index is 992. The summed E-state index contributed by atoms with van der Waals surface area (Å²) in [5, 5.41) is 6.87. The summed E-state index contributed by atoms with van der Waals surface area (Å²) in [6.45, 7) is 1.33. The number of esters is 1. The van der Waals surface area contributed by atoms with Gasteiger partial charge in [0.15, 0.2) is 6.61 Å². The van der Waals surface area contributed by atoms with Crippen LogP contribution in [0.1, 0.15) is 16.1 Å². The van der Waals surface area contributed by atoms with E-state index < -0.39 is 18.5 Å². The summed E-state index contributed by atoms with van der Waals surface area (Å²) in [4.78, 5) is 24.5. The van der Waals surface area contributed by atoms with Gasteiger partial charge in [-0.1, -0.05) is 18.2 Å². The molecule has 0 spiro atoms. The minimum absolute atomic E-state index is 0.296. The lowest BCUT2D eigenvalue weighted by atomic mass is 10.2. The third-order valence-electron chi connectivity index (χ3n) is 4.20. The fraction of sp³-hybridized carbons (Fsp3) is 0.190. The van der Waals surface area contributed by atoms with E-state index in [4.69, 9.17) is 14.2 Å². The smallest absolute Gasteiger partial charge is 0.342 e. The standard InChI is InChI=1S/C21H21N3O5/c1-14-19(12-22-24(14)16-7-5-4-6-8-16)21(26)29-13-20(25)23-15-9-17(27-2)11-18(10-15)28-3/h4-12H,13H2,1-3H3,(H,23,25). The quantitative estimate of drug-likeness (QED) is 0.619. The number of carbonyl (C=O) groups is 2. The van der Waals surface area contributed by atoms with Crippen LogP contribution in [0.4, 0.5) is 5.69 Å². The van der Waals surface area contributed by atoms with E-state index in [2.05, 4.69) is 10.4 Å². The first-order valence-corrected chi connectivity index (χ1v) is 8.82. The molecule has 1 N–H and O–H groups in total. The number of nitrogens with zero attached hydrogens (tertiary/aromatic N) is 2. The highest BCUT2D eigenvalue weighted by Gasteiger charge is 2.18. The zero-order valence-electron chi connectivity index (χ0n) is 16.3. The van der Waals surface area contributed by atoms with Crippen LogP contribution in [0.5, 0.6) is 11.5 Å². The molecule has 1 aromatic heterocycles. The van der Waals surface area contributed by atoms with E-state index in [1.165, 1.54) is 20.4 Å². The third-order valence-corrected chi connectivity index (χ3v) is 4.20. The van der Waals surface area contributed by atoms with Gasteiger partial charge in [-0.2, -0.15) is 5.10 Å². The topological polar surface area (TPSA) is 91.7 Å². The van der Waals surface area contributed by atoms with Gasteiger partial charge in [-0.05, 0) is 19.1 Å². The maximum absolute atomic E-state index is 12.4. The van der Waals surface area contributed by atoms with E-state index in [1.54, 1.807) is 29.8 Å². The molecule has 150 valence electrons. The van der Waals surface area contributed by atoms with Crippen LogP contribution in [-0.4, -0.2) is 42.5 Å². The third kappa shape index (κ3) is 4.73. The van der Waals surface area contributed by atoms with Crippen molar-refractivity contribution in [3.8, 4) is 17.2 Å². The molecular formula is C21H21N3O5. The molecule has 0 aliphatic rings. The van der Waals surface area contributed by atoms with Gasteiger partial charge in [0.05, 0.1) is 31.8 Å². The second kappa shape index (κ2) is 8.92. The predicted octanol–water partition coefficient (Wildman–Crippen LogP) is 2.99. The van der Waals surface area contributed by atoms with E-state index in [-0.39, 0.29) is 0 Å². The first kappa shape index (κ1) is 19.9. The number of hydrogen-bond donors (Lipinski definition) is 1. The fourth-order valence-electron chi connectivity index (χ4n) is 2.73. The highest BCUT2D eigenvalue weighted by atomic mass is 16.5. The molecule has 0 atom stereocenters. The van der Waals surface area contributed by atoms with Crippen LogP contribution in [0.3, 0.4) is 0 Å². The summed E-state index contributed by atoms with van der Waals surface area (Å²) in [5.74, 6) is -0.0500. The number of nitrogens with one attached hydrogen (secondary N) is 1. The minimum atomic E-state index is -0.622. The Morgan fingerprint density at radius 2 is 1.69 bits per heavy atom. The van der Waals surface area contributed by atoms with E-state index in [0.717, 1.165) is 5.69 Å². The van der Waals surface area contributed by atoms with Gasteiger partial charge in [0.2, 0.25) is 0 Å². The van der Waals surface area contributed by atoms with Crippen LogP contribution in [0.2, 0.25) is 0 Å². The van der Waals surface area contributed by atoms with E-state index in [9.17, 15) is 9.59 Å². The molecule has 0 saturated heterocycles. The molecule has 3 aromatic rings. The average molecular weight is 395 g/mol. The van der Waals surface area contributed by atoms with Crippen LogP contribution in [0.25, 0.3) is 5.69 Å². The Kier molecular flexibility index (Phi) is 6.13. The first-order chi connectivity index (χ1) is 14.0. The molecule has 29 heavy (non-hydrogen) atoms. The normalized spacial score (nSPS) is 10.3. The van der Waals surface area contributed by atoms with Crippen molar-refractivity contribution in [3.05, 3.63) is 66.0 Å². The molecule has 8 heteroatoms. The van der Waals surface area contributed by atoms with Crippen LogP contribution in [-0.2, 0) is 9.53 Å². The highest BCUT2D eigenvalue weighted by molar-refractivity contribution is 5.96. The second-order valence-electron chi connectivity index (χ2n) is 6.12. The van der Waals surface area contributed by atoms with Crippen molar-refractivity contribution in [2.75, 3.05) is 26.1 Å². The van der Waals surface area contributed by atoms with Crippen LogP contribution >= 0.6 is 0 Å². The van der Waals surface area contributed by atoms with Crippen LogP contribution in [0.15, 0.2) is 54.7 Å². The van der Waals surface area contributed by atoms with E-state index in [0.29, 0.717) is 28.4 Å². The van der Waals surface area contributed by atoms with Crippen molar-refractivity contribution >= 4 is 17.6 Å². The maximum atomic E-state index is 12.4. The molecule has 0 unspecified atom stereocenters. The molecule has 1 amide bonds. The minimum Gasteiger partial charge on any atom is -0.497 e. The molecule has 0 radical (unpaired) electrons. The van der Waals surface area contributed by atoms with Gasteiger partial charge in [-0.25, -0.2) is 9.48 Å². The van der Waals surface area contributed by atoms with Crippen molar-refractivity contribution in [3.63, 3.8) is 0 Å². The molecule has 2 aromatic carbocycles. The predicted molar refractivity (Wildman–Crippen MR) is 107 cm³/mol. The number of anilines is 1. The monoisotopic (exact) mass is 395 g/mol. The second-order valence-corrected chi connectivity index (χ2v) is 6.12. The number of hydrogen-bond acceptors (Lipinski definition) is 6. The molecule has 1 heterocycles. The summed E-state index contributed by atoms with van der Waals surface area (Å²) in [7, 11) is 3.03. The van der Waals surface area contributed by atoms with Crippen molar-refractivity contribution in [1.82, 2.24) is 9.78 Å². The highest BCUT2D eigenvalue weighted by Crippen LogP contribution is 2.25. The van der Waals surface area contributed by atoms with Gasteiger partial charge >= 0.3 is 5.97 Å². The van der Waals surface area contributed by atoms with Gasteiger partial charge in [0.1, 0.15) is 17.1 Å². The average Bonchev–Trinajstić information content (AvgIpc) is 3.13. The summed E-state index contributed by atoms with van der Waals surface area (Å²) in [6.07, 6.45) is 1.43. The first-order valence-electron chi connectivity index (χ1n) is 8.82. The lowest BCUT2D eigenvalue weighted by Gasteiger charge is -2.10. The number of ether oxygens (including phenoxy) is 3. The molecular weight excluding hydrogens is 374 g/mol. The van der Waals surface area contributed by atoms with Crippen molar-refractivity contribution in [1.29, 1.82) is 0 Å². The van der Waals surface area contributed by atoms with Gasteiger partial charge in [0, 0.05) is 23.9 Å². The van der Waals surface area contributed by atoms with Crippen molar-refractivity contribution in [2.45, 2.75) is 6.92 Å². The summed E-state index contributed by atoms with van der Waals surface area (Å²) in [5.41, 5.74) is 2.22. The molecule has 8 nitrogen and oxygen atoms in total. The number of methoxy groups -OCH3 is 2. The molecule has 0 aliphatic heterocycles. The Morgan fingerprint density at radius 3 is 2.31 bits per heavy atom. The fourth-order valence-corrected chi connectivity index (χ4v) is 2.73. The largest absolute Gasteiger partial charge is 0.497 e. The van der Waals surface area contributed by atoms with Gasteiger partial charge in [-0.15, -0.1) is 0 Å². The van der Waals surface area contributed by atoms with Crippen molar-refractivity contribution < 1.29 is 23.8 Å². The van der Waals surface area contributed by atoms with Gasteiger partial charge < -0.3 is 19.5 Å². The van der Waals surface area contributed by atoms with Crippen LogP contribution in [0, 0.1) is 6.92 Å². The van der Waals surface area contributed by atoms with Crippen molar-refractivity contribution in [2.24, 2.45) is 0 Å². The van der Waals surface area contributed by atoms with E-state index >= 15 is 0 Å². The van der Waals surface area contributed by atoms with Gasteiger partial charge in [0.25, 0.3) is 5.91 Å². The lowest BCUT2D eigenvalue weighted by Crippen LogP contribution is -2.21. The number of amides is 1. The number of benzene rings is 2. The Labute approximate surface area is 168 Å². The zero-order valence-corrected chi connectivity index (χ0v) is 16.3. The van der Waals surface area contributed by atoms with Crippen LogP contribution < -0.4 is 14.8 Å². The number of aromatic nitrogens is 2. The lowest BCUT2D eigenvalue weighted by molar-refractivity contribution is -0.119. The Hall–Kier alpha value is -3.81.